The number of rotatable bonds is 3. The molecule has 0 amide bonds. The Bertz CT molecular complexity index is 369. The van der Waals surface area contributed by atoms with E-state index in [0.29, 0.717) is 0 Å². The summed E-state index contributed by atoms with van der Waals surface area (Å²) >= 11 is 3.58. The molecule has 1 unspecified atom stereocenters. The zero-order chi connectivity index (χ0) is 11.6. The van der Waals surface area contributed by atoms with Gasteiger partial charge in [-0.1, -0.05) is 34.1 Å². The van der Waals surface area contributed by atoms with Crippen LogP contribution in [-0.2, 0) is 6.42 Å². The molecule has 2 nitrogen and oxygen atoms in total. The zero-order valence-corrected chi connectivity index (χ0v) is 11.2. The maximum absolute atomic E-state index is 9.64. The molecule has 1 N–H and O–H groups in total. The van der Waals surface area contributed by atoms with E-state index in [1.807, 2.05) is 6.07 Å². The van der Waals surface area contributed by atoms with E-state index in [1.165, 1.54) is 5.56 Å². The summed E-state index contributed by atoms with van der Waals surface area (Å²) < 4.78 is 1.15. The molecule has 1 heterocycles. The summed E-state index contributed by atoms with van der Waals surface area (Å²) in [7, 11) is 2.12. The van der Waals surface area contributed by atoms with Crippen molar-refractivity contribution in [2.45, 2.75) is 12.8 Å². The SMILES string of the molecule is CN1CCC(CO)(Cc2ccccc2Br)C1. The third-order valence-corrected chi connectivity index (χ3v) is 4.26. The van der Waals surface area contributed by atoms with Gasteiger partial charge in [0.1, 0.15) is 0 Å². The monoisotopic (exact) mass is 283 g/mol. The van der Waals surface area contributed by atoms with Crippen molar-refractivity contribution >= 4 is 15.9 Å². The van der Waals surface area contributed by atoms with Crippen molar-refractivity contribution in [3.8, 4) is 0 Å². The lowest BCUT2D eigenvalue weighted by molar-refractivity contribution is 0.132. The van der Waals surface area contributed by atoms with Crippen LogP contribution in [0, 0.1) is 5.41 Å². The Morgan fingerprint density at radius 3 is 2.75 bits per heavy atom. The molecule has 1 aliphatic rings. The topological polar surface area (TPSA) is 23.5 Å². The second kappa shape index (κ2) is 4.86. The van der Waals surface area contributed by atoms with Crippen LogP contribution in [0.15, 0.2) is 28.7 Å². The van der Waals surface area contributed by atoms with E-state index in [1.54, 1.807) is 0 Å². The molecule has 1 aliphatic heterocycles. The summed E-state index contributed by atoms with van der Waals surface area (Å²) in [4.78, 5) is 2.30. The van der Waals surface area contributed by atoms with Gasteiger partial charge < -0.3 is 10.0 Å². The van der Waals surface area contributed by atoms with Crippen molar-refractivity contribution in [3.05, 3.63) is 34.3 Å². The number of likely N-dealkylation sites (tertiary alicyclic amines) is 1. The van der Waals surface area contributed by atoms with Crippen molar-refractivity contribution < 1.29 is 5.11 Å². The fraction of sp³-hybridized carbons (Fsp3) is 0.538. The summed E-state index contributed by atoms with van der Waals surface area (Å²) in [5, 5.41) is 9.64. The Morgan fingerprint density at radius 2 is 2.19 bits per heavy atom. The Morgan fingerprint density at radius 1 is 1.44 bits per heavy atom. The van der Waals surface area contributed by atoms with Gasteiger partial charge in [0.25, 0.3) is 0 Å². The predicted octanol–water partition coefficient (Wildman–Crippen LogP) is 2.31. The number of benzene rings is 1. The first-order valence-electron chi connectivity index (χ1n) is 5.68. The van der Waals surface area contributed by atoms with Crippen LogP contribution >= 0.6 is 15.9 Å². The van der Waals surface area contributed by atoms with Gasteiger partial charge in [0, 0.05) is 16.4 Å². The summed E-state index contributed by atoms with van der Waals surface area (Å²) in [5.41, 5.74) is 1.35. The fourth-order valence-electron chi connectivity index (χ4n) is 2.53. The summed E-state index contributed by atoms with van der Waals surface area (Å²) in [6.45, 7) is 2.36. The van der Waals surface area contributed by atoms with Gasteiger partial charge in [0.05, 0.1) is 6.61 Å². The molecule has 1 aromatic rings. The molecule has 0 aliphatic carbocycles. The maximum Gasteiger partial charge on any atom is 0.0503 e. The highest BCUT2D eigenvalue weighted by Gasteiger charge is 2.36. The van der Waals surface area contributed by atoms with Crippen molar-refractivity contribution in [1.29, 1.82) is 0 Å². The highest BCUT2D eigenvalue weighted by molar-refractivity contribution is 9.10. The van der Waals surface area contributed by atoms with Crippen LogP contribution < -0.4 is 0 Å². The lowest BCUT2D eigenvalue weighted by Crippen LogP contribution is -2.31. The van der Waals surface area contributed by atoms with Crippen molar-refractivity contribution in [2.24, 2.45) is 5.41 Å². The van der Waals surface area contributed by atoms with Gasteiger partial charge in [0.2, 0.25) is 0 Å². The van der Waals surface area contributed by atoms with Crippen molar-refractivity contribution in [3.63, 3.8) is 0 Å². The number of hydrogen-bond donors (Lipinski definition) is 1. The van der Waals surface area contributed by atoms with Crippen LogP contribution in [0.2, 0.25) is 0 Å². The van der Waals surface area contributed by atoms with Gasteiger partial charge in [-0.3, -0.25) is 0 Å². The maximum atomic E-state index is 9.64. The number of halogens is 1. The van der Waals surface area contributed by atoms with Crippen LogP contribution in [0.1, 0.15) is 12.0 Å². The first-order valence-corrected chi connectivity index (χ1v) is 6.47. The van der Waals surface area contributed by atoms with Gasteiger partial charge in [-0.25, -0.2) is 0 Å². The largest absolute Gasteiger partial charge is 0.396 e. The van der Waals surface area contributed by atoms with Crippen LogP contribution in [0.4, 0.5) is 0 Å². The minimum Gasteiger partial charge on any atom is -0.396 e. The van der Waals surface area contributed by atoms with E-state index in [2.05, 4.69) is 46.1 Å². The lowest BCUT2D eigenvalue weighted by atomic mass is 9.81. The second-order valence-electron chi connectivity index (χ2n) is 4.91. The summed E-state index contributed by atoms with van der Waals surface area (Å²) in [5.74, 6) is 0. The first kappa shape index (κ1) is 12.1. The average Bonchev–Trinajstić information content (AvgIpc) is 2.65. The third-order valence-electron chi connectivity index (χ3n) is 3.49. The van der Waals surface area contributed by atoms with E-state index in [4.69, 9.17) is 0 Å². The van der Waals surface area contributed by atoms with E-state index >= 15 is 0 Å². The molecule has 16 heavy (non-hydrogen) atoms. The zero-order valence-electron chi connectivity index (χ0n) is 9.62. The van der Waals surface area contributed by atoms with E-state index in [-0.39, 0.29) is 12.0 Å². The van der Waals surface area contributed by atoms with Crippen LogP contribution in [0.5, 0.6) is 0 Å². The molecule has 0 bridgehead atoms. The Balaban J connectivity index is 2.16. The van der Waals surface area contributed by atoms with Crippen molar-refractivity contribution in [2.75, 3.05) is 26.7 Å². The van der Waals surface area contributed by atoms with Crippen LogP contribution in [-0.4, -0.2) is 36.8 Å². The molecule has 1 atom stereocenters. The van der Waals surface area contributed by atoms with Gasteiger partial charge in [-0.2, -0.15) is 0 Å². The number of nitrogens with zero attached hydrogens (tertiary/aromatic N) is 1. The first-order chi connectivity index (χ1) is 7.65. The smallest absolute Gasteiger partial charge is 0.0503 e. The van der Waals surface area contributed by atoms with Crippen LogP contribution in [0.3, 0.4) is 0 Å². The molecular formula is C13H18BrNO. The molecule has 0 aromatic heterocycles. The molecule has 0 spiro atoms. The van der Waals surface area contributed by atoms with E-state index < -0.39 is 0 Å². The lowest BCUT2D eigenvalue weighted by Gasteiger charge is -2.27. The molecule has 2 rings (SSSR count). The molecule has 3 heteroatoms. The Kier molecular flexibility index (Phi) is 3.67. The standard InChI is InChI=1S/C13H18BrNO/c1-15-7-6-13(9-15,10-16)8-11-4-2-3-5-12(11)14/h2-5,16H,6-10H2,1H3. The van der Waals surface area contributed by atoms with Crippen LogP contribution in [0.25, 0.3) is 0 Å². The number of aliphatic hydroxyl groups is 1. The normalized spacial score (nSPS) is 26.2. The molecular weight excluding hydrogens is 266 g/mol. The Hall–Kier alpha value is -0.380. The highest BCUT2D eigenvalue weighted by Crippen LogP contribution is 2.34. The summed E-state index contributed by atoms with van der Waals surface area (Å²) in [6.07, 6.45) is 2.04. The molecule has 0 radical (unpaired) electrons. The fourth-order valence-corrected chi connectivity index (χ4v) is 2.96. The molecule has 0 saturated carbocycles. The van der Waals surface area contributed by atoms with Gasteiger partial charge in [-0.15, -0.1) is 0 Å². The van der Waals surface area contributed by atoms with Gasteiger partial charge >= 0.3 is 0 Å². The van der Waals surface area contributed by atoms with E-state index in [9.17, 15) is 5.11 Å². The quantitative estimate of drug-likeness (QED) is 0.920. The molecule has 1 fully saturated rings. The number of hydrogen-bond acceptors (Lipinski definition) is 2. The molecule has 1 saturated heterocycles. The summed E-state index contributed by atoms with van der Waals surface area (Å²) in [6, 6.07) is 8.29. The highest BCUT2D eigenvalue weighted by atomic mass is 79.9. The predicted molar refractivity (Wildman–Crippen MR) is 69.5 cm³/mol. The average molecular weight is 284 g/mol. The second-order valence-corrected chi connectivity index (χ2v) is 5.77. The van der Waals surface area contributed by atoms with E-state index in [0.717, 1.165) is 30.4 Å². The van der Waals surface area contributed by atoms with Gasteiger partial charge in [-0.05, 0) is 38.1 Å². The number of aliphatic hydroxyl groups excluding tert-OH is 1. The Labute approximate surface area is 105 Å². The third kappa shape index (κ3) is 2.47. The minimum absolute atomic E-state index is 0.0542. The van der Waals surface area contributed by atoms with Crippen molar-refractivity contribution in [1.82, 2.24) is 4.90 Å². The molecule has 88 valence electrons. The molecule has 1 aromatic carbocycles. The van der Waals surface area contributed by atoms with Gasteiger partial charge in [0.15, 0.2) is 0 Å². The minimum atomic E-state index is 0.0542.